The monoisotopic (exact) mass is 331 g/mol. The van der Waals surface area contributed by atoms with Crippen LogP contribution in [0.5, 0.6) is 0 Å². The van der Waals surface area contributed by atoms with E-state index in [4.69, 9.17) is 9.47 Å². The molecule has 130 valence electrons. The first-order valence-corrected chi connectivity index (χ1v) is 8.25. The molecule has 0 radical (unpaired) electrons. The third-order valence-electron chi connectivity index (χ3n) is 3.63. The average molecular weight is 331 g/mol. The van der Waals surface area contributed by atoms with Crippen molar-refractivity contribution in [3.05, 3.63) is 41.0 Å². The minimum absolute atomic E-state index is 0.0297. The minimum Gasteiger partial charge on any atom is -0.463 e. The Hall–Kier alpha value is -2.30. The first-order valence-electron chi connectivity index (χ1n) is 8.25. The van der Waals surface area contributed by atoms with Gasteiger partial charge < -0.3 is 14.8 Å². The first-order chi connectivity index (χ1) is 11.3. The largest absolute Gasteiger partial charge is 0.463 e. The summed E-state index contributed by atoms with van der Waals surface area (Å²) in [5, 5.41) is 2.92. The Labute approximate surface area is 143 Å². The molecule has 0 aliphatic heterocycles. The maximum Gasteiger partial charge on any atom is 0.408 e. The highest BCUT2D eigenvalue weighted by atomic mass is 16.6. The molecule has 0 saturated carbocycles. The van der Waals surface area contributed by atoms with Crippen LogP contribution in [0, 0.1) is 0 Å². The SMILES string of the molecule is CCOC(=O)/C=C/c1ccc2c(c1)CCC2NC(=O)OC(C)(C)C. The first kappa shape index (κ1) is 18.0. The third-order valence-corrected chi connectivity index (χ3v) is 3.63. The van der Waals surface area contributed by atoms with Crippen LogP contribution < -0.4 is 5.32 Å². The summed E-state index contributed by atoms with van der Waals surface area (Å²) in [5.41, 5.74) is 2.73. The van der Waals surface area contributed by atoms with Gasteiger partial charge in [0.15, 0.2) is 0 Å². The molecule has 1 aromatic rings. The fourth-order valence-electron chi connectivity index (χ4n) is 2.70. The van der Waals surface area contributed by atoms with Crippen LogP contribution >= 0.6 is 0 Å². The van der Waals surface area contributed by atoms with E-state index in [0.29, 0.717) is 6.61 Å². The van der Waals surface area contributed by atoms with Gasteiger partial charge in [0, 0.05) is 6.08 Å². The Kier molecular flexibility index (Phi) is 5.65. The lowest BCUT2D eigenvalue weighted by Crippen LogP contribution is -2.34. The number of carbonyl (C=O) groups is 2. The van der Waals surface area contributed by atoms with Crippen molar-refractivity contribution in [1.29, 1.82) is 0 Å². The smallest absolute Gasteiger partial charge is 0.408 e. The van der Waals surface area contributed by atoms with Gasteiger partial charge in [-0.1, -0.05) is 18.2 Å². The summed E-state index contributed by atoms with van der Waals surface area (Å²) in [6.07, 6.45) is 4.51. The molecule has 5 heteroatoms. The number of aryl methyl sites for hydroxylation is 1. The molecule has 5 nitrogen and oxygen atoms in total. The summed E-state index contributed by atoms with van der Waals surface area (Å²) in [7, 11) is 0. The Morgan fingerprint density at radius 2 is 2.08 bits per heavy atom. The molecule has 1 aromatic carbocycles. The molecule has 1 N–H and O–H groups in total. The number of esters is 1. The number of fused-ring (bicyclic) bond motifs is 1. The zero-order chi connectivity index (χ0) is 17.7. The van der Waals surface area contributed by atoms with Gasteiger partial charge in [0.05, 0.1) is 12.6 Å². The van der Waals surface area contributed by atoms with Crippen molar-refractivity contribution in [3.63, 3.8) is 0 Å². The number of ether oxygens (including phenoxy) is 2. The van der Waals surface area contributed by atoms with Crippen molar-refractivity contribution in [3.8, 4) is 0 Å². The number of benzene rings is 1. The molecule has 0 heterocycles. The van der Waals surface area contributed by atoms with Gasteiger partial charge in [0.25, 0.3) is 0 Å². The molecule has 0 spiro atoms. The normalized spacial score (nSPS) is 16.8. The van der Waals surface area contributed by atoms with Crippen molar-refractivity contribution in [1.82, 2.24) is 5.32 Å². The van der Waals surface area contributed by atoms with Gasteiger partial charge in [-0.05, 0) is 63.3 Å². The van der Waals surface area contributed by atoms with Crippen LogP contribution in [0.25, 0.3) is 6.08 Å². The lowest BCUT2D eigenvalue weighted by Gasteiger charge is -2.22. The van der Waals surface area contributed by atoms with Gasteiger partial charge >= 0.3 is 12.1 Å². The number of hydrogen-bond donors (Lipinski definition) is 1. The van der Waals surface area contributed by atoms with E-state index in [-0.39, 0.29) is 12.0 Å². The van der Waals surface area contributed by atoms with Crippen molar-refractivity contribution in [2.45, 2.75) is 52.2 Å². The zero-order valence-electron chi connectivity index (χ0n) is 14.7. The third kappa shape index (κ3) is 5.11. The lowest BCUT2D eigenvalue weighted by molar-refractivity contribution is -0.137. The summed E-state index contributed by atoms with van der Waals surface area (Å²) in [4.78, 5) is 23.3. The van der Waals surface area contributed by atoms with E-state index in [1.807, 2.05) is 39.0 Å². The molecule has 0 aromatic heterocycles. The highest BCUT2D eigenvalue weighted by Crippen LogP contribution is 2.32. The Morgan fingerprint density at radius 1 is 1.33 bits per heavy atom. The van der Waals surface area contributed by atoms with Gasteiger partial charge in [-0.25, -0.2) is 9.59 Å². The van der Waals surface area contributed by atoms with E-state index >= 15 is 0 Å². The van der Waals surface area contributed by atoms with E-state index in [2.05, 4.69) is 5.32 Å². The summed E-state index contributed by atoms with van der Waals surface area (Å²) < 4.78 is 10.2. The summed E-state index contributed by atoms with van der Waals surface area (Å²) >= 11 is 0. The molecule has 1 aliphatic rings. The van der Waals surface area contributed by atoms with Crippen LogP contribution in [0.1, 0.15) is 56.8 Å². The molecule has 1 atom stereocenters. The van der Waals surface area contributed by atoms with Crippen molar-refractivity contribution >= 4 is 18.1 Å². The topological polar surface area (TPSA) is 64.6 Å². The van der Waals surface area contributed by atoms with Crippen LogP contribution in [-0.4, -0.2) is 24.3 Å². The highest BCUT2D eigenvalue weighted by molar-refractivity contribution is 5.87. The number of nitrogens with one attached hydrogen (secondary N) is 1. The molecule has 1 aliphatic carbocycles. The number of carbonyl (C=O) groups excluding carboxylic acids is 2. The van der Waals surface area contributed by atoms with Crippen LogP contribution in [0.2, 0.25) is 0 Å². The van der Waals surface area contributed by atoms with Crippen LogP contribution in [0.15, 0.2) is 24.3 Å². The predicted octanol–water partition coefficient (Wildman–Crippen LogP) is 3.77. The molecule has 0 saturated heterocycles. The van der Waals surface area contributed by atoms with Crippen molar-refractivity contribution in [2.24, 2.45) is 0 Å². The molecule has 0 bridgehead atoms. The number of amides is 1. The van der Waals surface area contributed by atoms with Gasteiger partial charge in [0.2, 0.25) is 0 Å². The van der Waals surface area contributed by atoms with Crippen LogP contribution in [-0.2, 0) is 20.7 Å². The van der Waals surface area contributed by atoms with E-state index in [9.17, 15) is 9.59 Å². The molecular formula is C19H25NO4. The van der Waals surface area contributed by atoms with Gasteiger partial charge in [0.1, 0.15) is 5.60 Å². The fourth-order valence-corrected chi connectivity index (χ4v) is 2.70. The second kappa shape index (κ2) is 7.51. The number of rotatable bonds is 4. The predicted molar refractivity (Wildman–Crippen MR) is 92.5 cm³/mol. The molecule has 1 unspecified atom stereocenters. The van der Waals surface area contributed by atoms with E-state index in [1.165, 1.54) is 11.6 Å². The highest BCUT2D eigenvalue weighted by Gasteiger charge is 2.26. The number of alkyl carbamates (subject to hydrolysis) is 1. The van der Waals surface area contributed by atoms with E-state index in [0.717, 1.165) is 24.0 Å². The van der Waals surface area contributed by atoms with E-state index in [1.54, 1.807) is 13.0 Å². The van der Waals surface area contributed by atoms with E-state index < -0.39 is 11.7 Å². The Bertz CT molecular complexity index is 643. The van der Waals surface area contributed by atoms with Crippen LogP contribution in [0.4, 0.5) is 4.79 Å². The second-order valence-electron chi connectivity index (χ2n) is 6.78. The Morgan fingerprint density at radius 3 is 2.75 bits per heavy atom. The average Bonchev–Trinajstić information content (AvgIpc) is 2.86. The quantitative estimate of drug-likeness (QED) is 0.674. The zero-order valence-corrected chi connectivity index (χ0v) is 14.7. The van der Waals surface area contributed by atoms with Gasteiger partial charge in [-0.2, -0.15) is 0 Å². The number of hydrogen-bond acceptors (Lipinski definition) is 4. The fraction of sp³-hybridized carbons (Fsp3) is 0.474. The standard InChI is InChI=1S/C19H25NO4/c1-5-23-17(21)11-7-13-6-9-15-14(12-13)8-10-16(15)20-18(22)24-19(2,3)4/h6-7,9,11-12,16H,5,8,10H2,1-4H3,(H,20,22)/b11-7+. The molecule has 1 amide bonds. The van der Waals surface area contributed by atoms with Crippen molar-refractivity contribution in [2.75, 3.05) is 6.61 Å². The Balaban J connectivity index is 2.02. The van der Waals surface area contributed by atoms with Crippen molar-refractivity contribution < 1.29 is 19.1 Å². The minimum atomic E-state index is -0.507. The van der Waals surface area contributed by atoms with Gasteiger partial charge in [-0.3, -0.25) is 0 Å². The second-order valence-corrected chi connectivity index (χ2v) is 6.78. The maximum atomic E-state index is 11.9. The maximum absolute atomic E-state index is 11.9. The van der Waals surface area contributed by atoms with Crippen LogP contribution in [0.3, 0.4) is 0 Å². The lowest BCUT2D eigenvalue weighted by atomic mass is 10.0. The molecule has 0 fully saturated rings. The molecule has 24 heavy (non-hydrogen) atoms. The summed E-state index contributed by atoms with van der Waals surface area (Å²) in [5.74, 6) is -0.345. The molecular weight excluding hydrogens is 306 g/mol. The summed E-state index contributed by atoms with van der Waals surface area (Å²) in [6, 6.07) is 5.94. The molecule has 2 rings (SSSR count). The van der Waals surface area contributed by atoms with Gasteiger partial charge in [-0.15, -0.1) is 0 Å². The summed E-state index contributed by atoms with van der Waals surface area (Å²) in [6.45, 7) is 7.68.